The van der Waals surface area contributed by atoms with Crippen LogP contribution in [0.5, 0.6) is 5.75 Å². The van der Waals surface area contributed by atoms with Gasteiger partial charge in [0.1, 0.15) is 23.9 Å². The Hall–Kier alpha value is -10.6. The van der Waals surface area contributed by atoms with E-state index in [1.165, 1.54) is 39.8 Å². The number of anilines is 1. The molecule has 7 rings (SSSR count). The Bertz CT molecular complexity index is 4510. The number of hydrogen-bond donors (Lipinski definition) is 13. The van der Waals surface area contributed by atoms with E-state index in [2.05, 4.69) is 52.8 Å². The molecule has 678 valence electrons. The zero-order chi connectivity index (χ0) is 91.5. The monoisotopic (exact) mass is 1790 g/mol. The largest absolute Gasteiger partial charge is 0.478 e. The number of nitrogens with zero attached hydrogens (tertiary/aromatic N) is 1. The molecular weight excluding hydrogens is 1680 g/mol. The summed E-state index contributed by atoms with van der Waals surface area (Å²) in [4.78, 5) is 298. The summed E-state index contributed by atoms with van der Waals surface area (Å²) in [7, 11) is 1.01. The molecule has 13 N–H and O–H groups in total. The van der Waals surface area contributed by atoms with E-state index >= 15 is 14.4 Å². The van der Waals surface area contributed by atoms with Gasteiger partial charge in [-0.25, -0.2) is 9.59 Å². The number of carboxylic acid groups (broad SMARTS) is 2. The highest BCUT2D eigenvalue weighted by molar-refractivity contribution is 8.20. The molecule has 2 saturated heterocycles. The number of thioether (sulfide) groups is 3. The number of carbonyl (C=O) groups excluding carboxylic acids is 19. The number of carboxylic acids is 2. The summed E-state index contributed by atoms with van der Waals surface area (Å²) < 4.78 is 22.3. The number of methoxy groups -OCH3 is 1. The van der Waals surface area contributed by atoms with Crippen molar-refractivity contribution in [2.75, 3.05) is 62.8 Å². The van der Waals surface area contributed by atoms with Crippen LogP contribution in [-0.2, 0) is 121 Å². The fourth-order valence-electron chi connectivity index (χ4n) is 14.3. The topological polar surface area (TPSA) is 583 Å². The van der Waals surface area contributed by atoms with Crippen LogP contribution in [0.15, 0.2) is 39.1 Å². The van der Waals surface area contributed by atoms with Gasteiger partial charge in [0.2, 0.25) is 53.2 Å². The predicted molar refractivity (Wildman–Crippen MR) is 445 cm³/mol. The second-order valence-electron chi connectivity index (χ2n) is 31.3. The van der Waals surface area contributed by atoms with Crippen molar-refractivity contribution in [3.8, 4) is 5.75 Å². The lowest BCUT2D eigenvalue weighted by Gasteiger charge is -2.31. The summed E-state index contributed by atoms with van der Waals surface area (Å²) >= 11 is 2.12. The Balaban J connectivity index is 1.29. The number of esters is 2. The van der Waals surface area contributed by atoms with Crippen LogP contribution in [0.3, 0.4) is 0 Å². The molecule has 6 unspecified atom stereocenters. The van der Waals surface area contributed by atoms with E-state index in [1.54, 1.807) is 27.7 Å². The average Bonchev–Trinajstić information content (AvgIpc) is 1.62. The van der Waals surface area contributed by atoms with Gasteiger partial charge in [0.15, 0.2) is 40.4 Å². The lowest BCUT2D eigenvalue weighted by Crippen LogP contribution is -2.59. The van der Waals surface area contributed by atoms with Gasteiger partial charge in [-0.15, -0.1) is 35.3 Å². The number of amides is 10. The quantitative estimate of drug-likeness (QED) is 0.101. The normalized spacial score (nSPS) is 28.1. The zero-order valence-electron chi connectivity index (χ0n) is 70.4. The molecule has 2 aromatic rings. The van der Waals surface area contributed by atoms with E-state index in [0.717, 1.165) is 23.8 Å². The highest BCUT2D eigenvalue weighted by Crippen LogP contribution is 2.40. The number of aliphatic carboxylic acids is 2. The van der Waals surface area contributed by atoms with Crippen molar-refractivity contribution < 1.29 is 135 Å². The van der Waals surface area contributed by atoms with Crippen LogP contribution >= 0.6 is 35.3 Å². The van der Waals surface area contributed by atoms with Gasteiger partial charge in [-0.1, -0.05) is 54.4 Å². The lowest BCUT2D eigenvalue weighted by molar-refractivity contribution is -0.148. The van der Waals surface area contributed by atoms with Crippen molar-refractivity contribution in [3.05, 3.63) is 39.7 Å². The number of hydrogen-bond acceptors (Lipinski definition) is 29. The van der Waals surface area contributed by atoms with Gasteiger partial charge in [0.25, 0.3) is 5.91 Å². The fourth-order valence-corrected chi connectivity index (χ4v) is 17.4. The second-order valence-corrected chi connectivity index (χ2v) is 34.8. The minimum Gasteiger partial charge on any atom is -0.478 e. The maximum atomic E-state index is 15.3. The number of benzene rings is 1. The van der Waals surface area contributed by atoms with Gasteiger partial charge in [0.05, 0.1) is 107 Å². The first-order valence-electron chi connectivity index (χ1n) is 41.0. The maximum Gasteiger partial charge on any atom is 0.329 e. The molecule has 5 aliphatic rings. The van der Waals surface area contributed by atoms with E-state index in [1.807, 2.05) is 0 Å². The summed E-state index contributed by atoms with van der Waals surface area (Å²) in [6.45, 7) is 9.94. The summed E-state index contributed by atoms with van der Waals surface area (Å²) in [6.07, 6.45) is -6.72. The number of H-pyrrole nitrogens is 1. The summed E-state index contributed by atoms with van der Waals surface area (Å²) in [5.74, 6) is -27.3. The molecule has 42 heteroatoms. The first-order chi connectivity index (χ1) is 58.7. The summed E-state index contributed by atoms with van der Waals surface area (Å²) in [5, 5.41) is 53.7. The molecule has 2 fully saturated rings. The molecule has 124 heavy (non-hydrogen) atoms. The number of aromatic amines is 1. The molecule has 0 radical (unpaired) electrons. The number of nitrogens with one attached hydrogen (secondary N) is 10. The lowest BCUT2D eigenvalue weighted by atomic mass is 9.84. The van der Waals surface area contributed by atoms with E-state index in [0.29, 0.717) is 42.1 Å². The van der Waals surface area contributed by atoms with Gasteiger partial charge < -0.3 is 92.0 Å². The first-order valence-corrected chi connectivity index (χ1v) is 43.9. The molecule has 15 atom stereocenters. The fraction of sp³-hybridized carbons (Fsp3) is 0.598. The van der Waals surface area contributed by atoms with Crippen molar-refractivity contribution in [1.29, 1.82) is 0 Å². The van der Waals surface area contributed by atoms with Crippen LogP contribution < -0.4 is 52.6 Å². The number of ketones is 7. The number of allylic oxidation sites excluding steroid dienone is 1. The van der Waals surface area contributed by atoms with Gasteiger partial charge in [-0.3, -0.25) is 91.1 Å². The number of rotatable bonds is 8. The Morgan fingerprint density at radius 2 is 1.18 bits per heavy atom. The second kappa shape index (κ2) is 48.1. The molecule has 0 saturated carbocycles. The minimum absolute atomic E-state index is 0.0494. The average molecular weight is 1790 g/mol. The van der Waals surface area contributed by atoms with Crippen LogP contribution in [0, 0.1) is 35.5 Å². The zero-order valence-corrected chi connectivity index (χ0v) is 72.8. The third kappa shape index (κ3) is 29.6. The molecule has 0 aliphatic carbocycles. The number of aliphatic hydroxyl groups is 1. The van der Waals surface area contributed by atoms with Gasteiger partial charge in [0, 0.05) is 137 Å². The molecule has 5 aliphatic heterocycles. The minimum atomic E-state index is -1.84. The van der Waals surface area contributed by atoms with Crippen molar-refractivity contribution in [2.45, 2.75) is 224 Å². The Labute approximate surface area is 726 Å². The molecule has 10 amide bonds. The van der Waals surface area contributed by atoms with E-state index in [-0.39, 0.29) is 102 Å². The number of aliphatic hydroxyl groups excluding tert-OH is 1. The standard InChI is InChI=1S/C82H109N11O28S3/c1-10-39(3)72-57(97)16-17-65(102)86-53-37-122-80-48(26-45(76(112)83-35-68(105)90-72)27-61(101)73(40(4)11-2)91-78(114)54-28-46(94)36-93(54)81(116)52(88-77(53)113)32-71(110)118-9)47-29-51-62(31-50(47)89-80)121-82(117)42(6)25-59(99)44(8)85-67(104)19-23-120-21-13-15-56(96)74-49(30-60(100)63(33-69(106)107)123-38-124-64(34-70(108)109)79(115)92-74)55(95)14-12-20-119-22-18-66(103)84-43(7)58(98)24-41(5)75(111)87-51/h29,31,33-34,39-46,49,52-54,72-74,89,94H,10-28,30,32,35-38H2,1-9H3,(H,83,112)(H,84,103)(H,85,104)(H,86,102)(H,87,111)(H,88,113)(H,90,105)(H,91,114)(H,92,115)(H,106,107)(H,108,109)/b63-33+,64-34+/t39-,40-,41?,42?,43?,44?,45+,46-,49?,52-,53-,54-,72-,73-,74?/m0/s1. The van der Waals surface area contributed by atoms with Crippen LogP contribution in [0.1, 0.15) is 164 Å². The van der Waals surface area contributed by atoms with Crippen LogP contribution in [0.25, 0.3) is 10.9 Å². The number of carbonyl (C=O) groups is 21. The van der Waals surface area contributed by atoms with Crippen molar-refractivity contribution >= 4 is 175 Å². The van der Waals surface area contributed by atoms with Crippen LogP contribution in [0.2, 0.25) is 0 Å². The predicted octanol–water partition coefficient (Wildman–Crippen LogP) is 1.43. The van der Waals surface area contributed by atoms with Crippen molar-refractivity contribution in [1.82, 2.24) is 52.4 Å². The van der Waals surface area contributed by atoms with Gasteiger partial charge in [-0.05, 0) is 56.6 Å². The van der Waals surface area contributed by atoms with Crippen molar-refractivity contribution in [2.24, 2.45) is 35.5 Å². The highest BCUT2D eigenvalue weighted by atomic mass is 32.2. The SMILES string of the molecule is CC[C@H](C)[C@@H]1NC(=O)CNC(=O)[C@H]2CC(=O)[C@H]([C@@H](C)CC)NC(=O)[C@@H]3C[C@H](O)CN3C(=O)[C@H](CC(=O)OC)NC(=O)[C@H](CSc3[nH]c4cc5c(cc4c3C2)NC(=O)C(C)CC(=O)C(C)NC(=O)CCOCCCC(=O)C2CC(=O)/C(=C\C(=O)O)SCS/C(=C/C(=O)O)C(=O)NC2C(=O)CCCOCCC(=O)NC(C)C(=O)CC(C)C(=O)O5)NC(=O)CCC1=O. The Morgan fingerprint density at radius 1 is 0.589 bits per heavy atom. The number of Topliss-reactive ketones (excluding diaryl/α,β-unsaturated/α-hetero) is 7. The van der Waals surface area contributed by atoms with E-state index in [9.17, 15) is 102 Å². The number of ether oxygens (including phenoxy) is 4. The molecule has 6 heterocycles. The molecule has 0 spiro atoms. The summed E-state index contributed by atoms with van der Waals surface area (Å²) in [6, 6.07) is -9.40. The third-order valence-electron chi connectivity index (χ3n) is 21.8. The Kier molecular flexibility index (Phi) is 39.0. The highest BCUT2D eigenvalue weighted by Gasteiger charge is 2.46. The van der Waals surface area contributed by atoms with E-state index < -0.39 is 307 Å². The smallest absolute Gasteiger partial charge is 0.329 e. The Morgan fingerprint density at radius 3 is 1.79 bits per heavy atom. The maximum absolute atomic E-state index is 15.3. The molecule has 39 nitrogen and oxygen atoms in total. The van der Waals surface area contributed by atoms with E-state index in [4.69, 9.17) is 18.9 Å². The van der Waals surface area contributed by atoms with Gasteiger partial charge >= 0.3 is 23.9 Å². The molecular formula is C82H109N11O28S3. The summed E-state index contributed by atoms with van der Waals surface area (Å²) in [5.41, 5.74) is -0.111. The first kappa shape index (κ1) is 101. The van der Waals surface area contributed by atoms with Crippen LogP contribution in [0.4, 0.5) is 5.69 Å². The number of aromatic nitrogens is 1. The van der Waals surface area contributed by atoms with Crippen molar-refractivity contribution in [3.63, 3.8) is 0 Å². The number of fused-ring (bicyclic) bond motifs is 7. The van der Waals surface area contributed by atoms with Crippen LogP contribution in [-0.4, -0.2) is 261 Å². The third-order valence-corrected chi connectivity index (χ3v) is 25.2. The molecule has 2 bridgehead atoms. The van der Waals surface area contributed by atoms with Gasteiger partial charge in [-0.2, -0.15) is 0 Å². The molecule has 1 aromatic heterocycles. The molecule has 1 aromatic carbocycles.